The molecule has 0 aliphatic carbocycles. The number of azo groups is 1. The van der Waals surface area contributed by atoms with Crippen molar-refractivity contribution in [2.24, 2.45) is 10.2 Å². The number of carboxylic acid groups (broad SMARTS) is 1. The van der Waals surface area contributed by atoms with E-state index in [1.165, 1.54) is 6.07 Å². The summed E-state index contributed by atoms with van der Waals surface area (Å²) in [7, 11) is 0. The minimum Gasteiger partial charge on any atom is -0.505 e. The molecule has 4 N–H and O–H groups in total. The van der Waals surface area contributed by atoms with Crippen LogP contribution in [0.1, 0.15) is 27.0 Å². The van der Waals surface area contributed by atoms with Gasteiger partial charge in [0.25, 0.3) is 0 Å². The van der Waals surface area contributed by atoms with E-state index in [2.05, 4.69) is 15.2 Å². The van der Waals surface area contributed by atoms with Crippen molar-refractivity contribution in [2.75, 3.05) is 0 Å². The number of aromatic nitrogens is 1. The zero-order valence-electron chi connectivity index (χ0n) is 21.8. The summed E-state index contributed by atoms with van der Waals surface area (Å²) in [5.41, 5.74) is -1.05. The van der Waals surface area contributed by atoms with Crippen LogP contribution in [-0.2, 0) is 6.18 Å². The maximum atomic E-state index is 14.5. The summed E-state index contributed by atoms with van der Waals surface area (Å²) < 4.78 is 70.5. The minimum absolute atomic E-state index is 0.0325. The van der Waals surface area contributed by atoms with Crippen molar-refractivity contribution in [3.8, 4) is 33.9 Å². The van der Waals surface area contributed by atoms with Crippen molar-refractivity contribution in [2.45, 2.75) is 20.0 Å². The van der Waals surface area contributed by atoms with Gasteiger partial charge in [0, 0.05) is 22.6 Å². The van der Waals surface area contributed by atoms with E-state index in [1.807, 2.05) is 6.92 Å². The highest BCUT2D eigenvalue weighted by Gasteiger charge is 2.35. The van der Waals surface area contributed by atoms with E-state index >= 15 is 0 Å². The number of benzene rings is 4. The number of aromatic carboxylic acids is 1. The van der Waals surface area contributed by atoms with Gasteiger partial charge in [0.15, 0.2) is 11.4 Å². The highest BCUT2D eigenvalue weighted by molar-refractivity contribution is 6.04. The number of carbonyl (C=O) groups is 1. The van der Waals surface area contributed by atoms with Gasteiger partial charge in [-0.05, 0) is 66.4 Å². The Balaban J connectivity index is 1.65. The standard InChI is InChI=1S/C30H20F5N3O4/c1-13-3-4-16(9-14(13)2)24-21(30(33,34)35)7-6-18-25(24)36-28(40)26(18)38-37-23-12-17(31)11-19(27(23)39)15-5-8-22(32)20(10-15)29(41)42/h3-12,36,39-40H,1-2H3,(H,41,42). The molecular formula is C30H20F5N3O4. The Bertz CT molecular complexity index is 1930. The van der Waals surface area contributed by atoms with Crippen molar-refractivity contribution in [3.05, 3.63) is 94.6 Å². The summed E-state index contributed by atoms with van der Waals surface area (Å²) in [6, 6.07) is 11.3. The molecule has 0 saturated carbocycles. The van der Waals surface area contributed by atoms with Crippen LogP contribution in [0.15, 0.2) is 70.9 Å². The number of fused-ring (bicyclic) bond motifs is 1. The van der Waals surface area contributed by atoms with E-state index in [-0.39, 0.29) is 38.8 Å². The van der Waals surface area contributed by atoms with Crippen LogP contribution >= 0.6 is 0 Å². The molecule has 7 nitrogen and oxygen atoms in total. The fourth-order valence-electron chi connectivity index (χ4n) is 4.61. The second kappa shape index (κ2) is 10.3. The maximum absolute atomic E-state index is 14.5. The van der Waals surface area contributed by atoms with Gasteiger partial charge in [0.05, 0.1) is 16.6 Å². The highest BCUT2D eigenvalue weighted by atomic mass is 19.4. The van der Waals surface area contributed by atoms with Gasteiger partial charge in [0.1, 0.15) is 17.3 Å². The van der Waals surface area contributed by atoms with Gasteiger partial charge in [-0.25, -0.2) is 13.6 Å². The van der Waals surface area contributed by atoms with E-state index in [1.54, 1.807) is 19.1 Å². The van der Waals surface area contributed by atoms with Gasteiger partial charge >= 0.3 is 12.1 Å². The first-order valence-corrected chi connectivity index (χ1v) is 12.3. The Hall–Kier alpha value is -5.26. The molecule has 0 fully saturated rings. The summed E-state index contributed by atoms with van der Waals surface area (Å²) in [6.07, 6.45) is -4.73. The number of hydrogen-bond acceptors (Lipinski definition) is 5. The molecular weight excluding hydrogens is 561 g/mol. The average molecular weight is 581 g/mol. The molecule has 0 saturated heterocycles. The number of nitrogens with one attached hydrogen (secondary N) is 1. The fourth-order valence-corrected chi connectivity index (χ4v) is 4.61. The number of aromatic amines is 1. The normalized spacial score (nSPS) is 12.0. The number of rotatable bonds is 5. The number of phenols is 1. The Morgan fingerprint density at radius 3 is 2.24 bits per heavy atom. The summed E-state index contributed by atoms with van der Waals surface area (Å²) in [6.45, 7) is 3.57. The molecule has 214 valence electrons. The second-order valence-corrected chi connectivity index (χ2v) is 9.55. The van der Waals surface area contributed by atoms with Crippen LogP contribution in [-0.4, -0.2) is 26.3 Å². The van der Waals surface area contributed by atoms with E-state index in [0.717, 1.165) is 53.6 Å². The van der Waals surface area contributed by atoms with Crippen LogP contribution in [0.5, 0.6) is 11.6 Å². The molecule has 42 heavy (non-hydrogen) atoms. The van der Waals surface area contributed by atoms with Crippen LogP contribution < -0.4 is 0 Å². The van der Waals surface area contributed by atoms with Gasteiger partial charge < -0.3 is 20.3 Å². The van der Waals surface area contributed by atoms with Crippen molar-refractivity contribution in [3.63, 3.8) is 0 Å². The molecule has 1 aromatic heterocycles. The van der Waals surface area contributed by atoms with Crippen LogP contribution in [0.25, 0.3) is 33.2 Å². The molecule has 1 heterocycles. The smallest absolute Gasteiger partial charge is 0.417 e. The van der Waals surface area contributed by atoms with Crippen molar-refractivity contribution >= 4 is 28.2 Å². The monoisotopic (exact) mass is 581 g/mol. The number of alkyl halides is 3. The zero-order chi connectivity index (χ0) is 30.5. The zero-order valence-corrected chi connectivity index (χ0v) is 21.8. The summed E-state index contributed by atoms with van der Waals surface area (Å²) in [5.74, 6) is -4.79. The number of aromatic hydroxyl groups is 2. The predicted octanol–water partition coefficient (Wildman–Crippen LogP) is 8.94. The summed E-state index contributed by atoms with van der Waals surface area (Å²) in [4.78, 5) is 13.9. The first kappa shape index (κ1) is 28.3. The summed E-state index contributed by atoms with van der Waals surface area (Å²) in [5, 5.41) is 38.4. The number of carboxylic acids is 1. The van der Waals surface area contributed by atoms with Gasteiger partial charge in [-0.15, -0.1) is 10.2 Å². The van der Waals surface area contributed by atoms with E-state index in [0.29, 0.717) is 0 Å². The third-order valence-electron chi connectivity index (χ3n) is 6.85. The van der Waals surface area contributed by atoms with Gasteiger partial charge in [-0.3, -0.25) is 0 Å². The molecule has 0 amide bonds. The van der Waals surface area contributed by atoms with Gasteiger partial charge in [0.2, 0.25) is 5.88 Å². The molecule has 0 bridgehead atoms. The molecule has 0 unspecified atom stereocenters. The molecule has 0 aliphatic heterocycles. The molecule has 5 rings (SSSR count). The third-order valence-corrected chi connectivity index (χ3v) is 6.85. The second-order valence-electron chi connectivity index (χ2n) is 9.55. The van der Waals surface area contributed by atoms with Gasteiger partial charge in [-0.2, -0.15) is 13.2 Å². The topological polar surface area (TPSA) is 118 Å². The lowest BCUT2D eigenvalue weighted by atomic mass is 9.94. The minimum atomic E-state index is -4.73. The molecule has 4 aromatic carbocycles. The van der Waals surface area contributed by atoms with Crippen LogP contribution in [0.2, 0.25) is 0 Å². The lowest BCUT2D eigenvalue weighted by molar-refractivity contribution is -0.137. The van der Waals surface area contributed by atoms with E-state index < -0.39 is 52.2 Å². The van der Waals surface area contributed by atoms with Crippen molar-refractivity contribution < 1.29 is 42.1 Å². The lowest BCUT2D eigenvalue weighted by Gasteiger charge is -2.15. The van der Waals surface area contributed by atoms with E-state index in [4.69, 9.17) is 0 Å². The molecule has 0 radical (unpaired) electrons. The summed E-state index contributed by atoms with van der Waals surface area (Å²) >= 11 is 0. The highest BCUT2D eigenvalue weighted by Crippen LogP contribution is 2.47. The average Bonchev–Trinajstić information content (AvgIpc) is 3.24. The molecule has 0 atom stereocenters. The van der Waals surface area contributed by atoms with Crippen molar-refractivity contribution in [1.29, 1.82) is 0 Å². The number of H-pyrrole nitrogens is 1. The quantitative estimate of drug-likeness (QED) is 0.122. The van der Waals surface area contributed by atoms with Gasteiger partial charge in [-0.1, -0.05) is 24.3 Å². The Kier molecular flexibility index (Phi) is 6.93. The third kappa shape index (κ3) is 5.02. The first-order valence-electron chi connectivity index (χ1n) is 12.3. The first-order chi connectivity index (χ1) is 19.8. The molecule has 5 aromatic rings. The Morgan fingerprint density at radius 2 is 1.57 bits per heavy atom. The molecule has 0 aliphatic rings. The number of hydrogen-bond donors (Lipinski definition) is 4. The largest absolute Gasteiger partial charge is 0.505 e. The SMILES string of the molecule is Cc1ccc(-c2c(C(F)(F)F)ccc3c(N=Nc4cc(F)cc(-c5ccc(F)c(C(=O)O)c5)c4O)c(O)[nH]c23)cc1C. The molecule has 12 heteroatoms. The number of phenolic OH excluding ortho intramolecular Hbond substituents is 1. The number of halogens is 5. The Morgan fingerprint density at radius 1 is 0.857 bits per heavy atom. The molecule has 0 spiro atoms. The Labute approximate surface area is 234 Å². The van der Waals surface area contributed by atoms with E-state index in [9.17, 15) is 42.1 Å². The van der Waals surface area contributed by atoms with Crippen LogP contribution in [0.4, 0.5) is 33.3 Å². The van der Waals surface area contributed by atoms with Crippen LogP contribution in [0, 0.1) is 25.5 Å². The number of aryl methyl sites for hydroxylation is 2. The van der Waals surface area contributed by atoms with Crippen LogP contribution in [0.3, 0.4) is 0 Å². The van der Waals surface area contributed by atoms with Crippen molar-refractivity contribution in [1.82, 2.24) is 4.98 Å². The number of nitrogens with zero attached hydrogens (tertiary/aromatic N) is 2. The maximum Gasteiger partial charge on any atom is 0.417 e. The lowest BCUT2D eigenvalue weighted by Crippen LogP contribution is -2.07. The fraction of sp³-hybridized carbons (Fsp3) is 0.100. The predicted molar refractivity (Wildman–Crippen MR) is 144 cm³/mol.